The first-order valence-corrected chi connectivity index (χ1v) is 12.8. The lowest BCUT2D eigenvalue weighted by molar-refractivity contribution is -0.120. The molecule has 1 aliphatic carbocycles. The number of pyridine rings is 1. The average molecular weight is 471 g/mol. The van der Waals surface area contributed by atoms with Gasteiger partial charge in [0.15, 0.2) is 9.84 Å². The van der Waals surface area contributed by atoms with Gasteiger partial charge in [-0.05, 0) is 42.7 Å². The summed E-state index contributed by atoms with van der Waals surface area (Å²) in [7, 11) is -3.56. The van der Waals surface area contributed by atoms with Crippen LogP contribution in [0.25, 0.3) is 10.9 Å². The maximum atomic E-state index is 13.4. The molecule has 33 heavy (non-hydrogen) atoms. The van der Waals surface area contributed by atoms with Crippen LogP contribution in [0.1, 0.15) is 44.6 Å². The van der Waals surface area contributed by atoms with E-state index in [1.165, 1.54) is 24.4 Å². The minimum atomic E-state index is -3.56. The van der Waals surface area contributed by atoms with Gasteiger partial charge in [-0.25, -0.2) is 22.8 Å². The fraction of sp³-hybridized carbons (Fsp3) is 0.391. The van der Waals surface area contributed by atoms with E-state index in [9.17, 15) is 22.8 Å². The van der Waals surface area contributed by atoms with Crippen LogP contribution < -0.4 is 16.6 Å². The molecule has 1 amide bonds. The molecule has 0 bridgehead atoms. The minimum absolute atomic E-state index is 0.0348. The van der Waals surface area contributed by atoms with Crippen molar-refractivity contribution in [1.82, 2.24) is 14.5 Å². The third-order valence-electron chi connectivity index (χ3n) is 6.14. The number of nitrogens with zero attached hydrogens (tertiary/aromatic N) is 2. The number of amides is 1. The van der Waals surface area contributed by atoms with Crippen molar-refractivity contribution in [3.63, 3.8) is 0 Å². The molecule has 2 N–H and O–H groups in total. The molecule has 1 unspecified atom stereocenters. The summed E-state index contributed by atoms with van der Waals surface area (Å²) in [6, 6.07) is 7.98. The molecule has 0 radical (unpaired) electrons. The summed E-state index contributed by atoms with van der Waals surface area (Å²) in [4.78, 5) is 46.4. The van der Waals surface area contributed by atoms with Gasteiger partial charge in [0.1, 0.15) is 11.9 Å². The van der Waals surface area contributed by atoms with E-state index in [0.717, 1.165) is 42.9 Å². The van der Waals surface area contributed by atoms with Crippen LogP contribution >= 0.6 is 0 Å². The normalized spacial score (nSPS) is 15.9. The molecule has 2 heterocycles. The Morgan fingerprint density at radius 1 is 1.18 bits per heavy atom. The lowest BCUT2D eigenvalue weighted by atomic mass is 9.84. The molecule has 1 aliphatic rings. The van der Waals surface area contributed by atoms with E-state index in [1.807, 2.05) is 0 Å². The number of anilines is 1. The van der Waals surface area contributed by atoms with Gasteiger partial charge in [0.05, 0.1) is 15.8 Å². The number of aromatic amines is 1. The molecule has 3 aromatic rings. The number of nitrogens with one attached hydrogen (secondary N) is 2. The molecule has 1 saturated carbocycles. The van der Waals surface area contributed by atoms with Crippen molar-refractivity contribution in [3.05, 3.63) is 63.4 Å². The van der Waals surface area contributed by atoms with Crippen molar-refractivity contribution in [2.45, 2.75) is 49.5 Å². The summed E-state index contributed by atoms with van der Waals surface area (Å²) in [5.41, 5.74) is -1.19. The van der Waals surface area contributed by atoms with Crippen LogP contribution in [0.2, 0.25) is 0 Å². The summed E-state index contributed by atoms with van der Waals surface area (Å²) in [6.07, 6.45) is 7.97. The number of aromatic nitrogens is 3. The molecular formula is C23H26N4O5S. The highest BCUT2D eigenvalue weighted by Crippen LogP contribution is 2.31. The van der Waals surface area contributed by atoms with Crippen molar-refractivity contribution in [2.75, 3.05) is 11.6 Å². The van der Waals surface area contributed by atoms with Crippen molar-refractivity contribution >= 4 is 32.5 Å². The van der Waals surface area contributed by atoms with Crippen molar-refractivity contribution in [1.29, 1.82) is 0 Å². The van der Waals surface area contributed by atoms with Crippen molar-refractivity contribution in [3.8, 4) is 0 Å². The molecule has 10 heteroatoms. The predicted octanol–water partition coefficient (Wildman–Crippen LogP) is 2.64. The lowest BCUT2D eigenvalue weighted by Gasteiger charge is -2.26. The topological polar surface area (TPSA) is 131 Å². The van der Waals surface area contributed by atoms with Crippen LogP contribution in [0.4, 0.5) is 5.82 Å². The van der Waals surface area contributed by atoms with E-state index < -0.39 is 33.0 Å². The Hall–Kier alpha value is -3.27. The van der Waals surface area contributed by atoms with Crippen molar-refractivity contribution in [2.24, 2.45) is 5.92 Å². The minimum Gasteiger partial charge on any atom is -0.309 e. The van der Waals surface area contributed by atoms with Gasteiger partial charge in [0, 0.05) is 12.5 Å². The van der Waals surface area contributed by atoms with Gasteiger partial charge < -0.3 is 10.3 Å². The Morgan fingerprint density at radius 3 is 2.61 bits per heavy atom. The zero-order valence-corrected chi connectivity index (χ0v) is 19.1. The van der Waals surface area contributed by atoms with Gasteiger partial charge in [-0.2, -0.15) is 0 Å². The monoisotopic (exact) mass is 470 g/mol. The molecule has 0 spiro atoms. The smallest absolute Gasteiger partial charge is 0.309 e. The Balaban J connectivity index is 1.82. The Bertz CT molecular complexity index is 1390. The molecule has 1 atom stereocenters. The maximum Gasteiger partial charge on any atom is 0.329 e. The predicted molar refractivity (Wildman–Crippen MR) is 125 cm³/mol. The van der Waals surface area contributed by atoms with E-state index in [2.05, 4.69) is 15.3 Å². The molecule has 1 fully saturated rings. The van der Waals surface area contributed by atoms with Gasteiger partial charge >= 0.3 is 5.69 Å². The quantitative estimate of drug-likeness (QED) is 0.569. The summed E-state index contributed by atoms with van der Waals surface area (Å²) >= 11 is 0. The number of benzene rings is 1. The summed E-state index contributed by atoms with van der Waals surface area (Å²) < 4.78 is 24.9. The molecule has 2 aromatic heterocycles. The van der Waals surface area contributed by atoms with Gasteiger partial charge in [0.2, 0.25) is 5.91 Å². The lowest BCUT2D eigenvalue weighted by Crippen LogP contribution is -2.43. The van der Waals surface area contributed by atoms with E-state index >= 15 is 0 Å². The van der Waals surface area contributed by atoms with Crippen LogP contribution in [0.3, 0.4) is 0 Å². The second-order valence-corrected chi connectivity index (χ2v) is 10.6. The zero-order chi connectivity index (χ0) is 23.6. The second kappa shape index (κ2) is 9.30. The summed E-state index contributed by atoms with van der Waals surface area (Å²) in [5, 5.41) is 2.75. The maximum absolute atomic E-state index is 13.4. The summed E-state index contributed by atoms with van der Waals surface area (Å²) in [5.74, 6) is 0.00819. The molecule has 1 aromatic carbocycles. The van der Waals surface area contributed by atoms with Gasteiger partial charge in [-0.15, -0.1) is 0 Å². The number of fused-ring (bicyclic) bond motifs is 1. The zero-order valence-electron chi connectivity index (χ0n) is 18.3. The van der Waals surface area contributed by atoms with Crippen LogP contribution in [-0.2, 0) is 14.6 Å². The highest BCUT2D eigenvalue weighted by atomic mass is 32.2. The third kappa shape index (κ3) is 5.05. The first-order valence-electron chi connectivity index (χ1n) is 10.9. The Labute approximate surface area is 190 Å². The van der Waals surface area contributed by atoms with Crippen LogP contribution in [0.5, 0.6) is 0 Å². The fourth-order valence-electron chi connectivity index (χ4n) is 4.43. The van der Waals surface area contributed by atoms with Crippen LogP contribution in [0.15, 0.2) is 57.1 Å². The van der Waals surface area contributed by atoms with Gasteiger partial charge in [-0.1, -0.05) is 38.2 Å². The molecule has 0 saturated heterocycles. The van der Waals surface area contributed by atoms with E-state index in [1.54, 1.807) is 18.2 Å². The SMILES string of the molecule is CS(=O)(=O)c1ccc2[nH]c(=O)n(C(CC3CCCCC3)C(=O)Nc3ccccn3)c(=O)c2c1. The number of H-pyrrole nitrogens is 1. The van der Waals surface area contributed by atoms with E-state index in [4.69, 9.17) is 0 Å². The van der Waals surface area contributed by atoms with E-state index in [0.29, 0.717) is 12.2 Å². The summed E-state index contributed by atoms with van der Waals surface area (Å²) in [6.45, 7) is 0. The standard InChI is InChI=1S/C23H26N4O5S/c1-33(31,32)16-10-11-18-17(14-16)22(29)27(23(30)25-18)19(13-15-7-3-2-4-8-15)21(28)26-20-9-5-6-12-24-20/h5-6,9-12,14-15,19H,2-4,7-8,13H2,1H3,(H,25,30)(H,24,26,28). The molecule has 4 rings (SSSR count). The highest BCUT2D eigenvalue weighted by molar-refractivity contribution is 7.90. The second-order valence-electron chi connectivity index (χ2n) is 8.54. The average Bonchev–Trinajstić information content (AvgIpc) is 2.79. The van der Waals surface area contributed by atoms with Gasteiger partial charge in [-0.3, -0.25) is 9.59 Å². The van der Waals surface area contributed by atoms with Gasteiger partial charge in [0.25, 0.3) is 5.56 Å². The number of hydrogen-bond donors (Lipinski definition) is 2. The Morgan fingerprint density at radius 2 is 1.94 bits per heavy atom. The number of hydrogen-bond acceptors (Lipinski definition) is 6. The largest absolute Gasteiger partial charge is 0.329 e. The number of rotatable bonds is 6. The molecule has 0 aliphatic heterocycles. The van der Waals surface area contributed by atoms with Crippen LogP contribution in [-0.4, -0.2) is 35.1 Å². The number of sulfone groups is 1. The van der Waals surface area contributed by atoms with Crippen molar-refractivity contribution < 1.29 is 13.2 Å². The molecule has 174 valence electrons. The first-order chi connectivity index (χ1) is 15.7. The number of carbonyl (C=O) groups excluding carboxylic acids is 1. The third-order valence-corrected chi connectivity index (χ3v) is 7.25. The highest BCUT2D eigenvalue weighted by Gasteiger charge is 2.29. The van der Waals surface area contributed by atoms with E-state index in [-0.39, 0.29) is 21.7 Å². The number of carbonyl (C=O) groups is 1. The Kier molecular flexibility index (Phi) is 6.46. The fourth-order valence-corrected chi connectivity index (χ4v) is 5.08. The van der Waals surface area contributed by atoms with Crippen LogP contribution in [0, 0.1) is 5.92 Å². The molecule has 9 nitrogen and oxygen atoms in total. The first kappa shape index (κ1) is 22.9. The molecular weight excluding hydrogens is 444 g/mol.